The van der Waals surface area contributed by atoms with Gasteiger partial charge in [0, 0.05) is 5.38 Å². The third kappa shape index (κ3) is 2.72. The summed E-state index contributed by atoms with van der Waals surface area (Å²) in [5.41, 5.74) is 0.965. The van der Waals surface area contributed by atoms with E-state index in [0.717, 1.165) is 5.56 Å². The third-order valence-corrected chi connectivity index (χ3v) is 2.91. The Morgan fingerprint density at radius 2 is 2.12 bits per heavy atom. The molecule has 1 heterocycles. The minimum atomic E-state index is 0.406. The van der Waals surface area contributed by atoms with Crippen molar-refractivity contribution >= 4 is 22.9 Å². The van der Waals surface area contributed by atoms with E-state index in [1.807, 2.05) is 24.3 Å². The van der Waals surface area contributed by atoms with Gasteiger partial charge in [-0.15, -0.1) is 0 Å². The number of rotatable bonds is 3. The molecule has 2 aromatic rings. The summed E-state index contributed by atoms with van der Waals surface area (Å²) in [5, 5.41) is 11.2. The molecule has 5 heteroatoms. The van der Waals surface area contributed by atoms with E-state index in [0.29, 0.717) is 22.5 Å². The van der Waals surface area contributed by atoms with Gasteiger partial charge in [0.05, 0.1) is 12.5 Å². The highest BCUT2D eigenvalue weighted by molar-refractivity contribution is 7.11. The van der Waals surface area contributed by atoms with Crippen molar-refractivity contribution in [3.63, 3.8) is 0 Å². The van der Waals surface area contributed by atoms with Crippen molar-refractivity contribution in [1.29, 1.82) is 5.26 Å². The number of aromatic nitrogens is 1. The molecule has 0 aliphatic carbocycles. The molecule has 0 unspecified atom stereocenters. The third-order valence-electron chi connectivity index (χ3n) is 1.87. The Bertz CT molecular complexity index is 516. The molecule has 80 valence electrons. The van der Waals surface area contributed by atoms with Gasteiger partial charge < -0.3 is 4.74 Å². The summed E-state index contributed by atoms with van der Waals surface area (Å²) in [6.07, 6.45) is 0.406. The number of thiazole rings is 1. The van der Waals surface area contributed by atoms with Crippen LogP contribution in [0.1, 0.15) is 5.56 Å². The molecule has 1 aromatic heterocycles. The number of ether oxygens (including phenoxy) is 1. The smallest absolute Gasteiger partial charge is 0.280 e. The molecule has 0 N–H and O–H groups in total. The molecule has 2 rings (SSSR count). The number of nitrogens with zero attached hydrogens (tertiary/aromatic N) is 2. The second-order valence-electron chi connectivity index (χ2n) is 3.02. The van der Waals surface area contributed by atoms with E-state index in [9.17, 15) is 0 Å². The van der Waals surface area contributed by atoms with Gasteiger partial charge in [-0.3, -0.25) is 0 Å². The lowest BCUT2D eigenvalue weighted by molar-refractivity contribution is 0.479. The summed E-state index contributed by atoms with van der Waals surface area (Å²) >= 11 is 7.02. The van der Waals surface area contributed by atoms with Gasteiger partial charge in [0.1, 0.15) is 10.9 Å². The fraction of sp³-hybridized carbons (Fsp3) is 0.0909. The molecule has 0 aliphatic heterocycles. The van der Waals surface area contributed by atoms with Crippen LogP contribution in [-0.4, -0.2) is 4.98 Å². The molecule has 16 heavy (non-hydrogen) atoms. The standard InChI is InChI=1S/C11H7ClN2OS/c12-10-7-16-11(14-10)15-9-3-1-8(2-4-9)5-6-13/h1-4,7H,5H2. The van der Waals surface area contributed by atoms with Crippen molar-refractivity contribution in [2.45, 2.75) is 6.42 Å². The fourth-order valence-corrected chi connectivity index (χ4v) is 1.96. The SMILES string of the molecule is N#CCc1ccc(Oc2nc(Cl)cs2)cc1. The van der Waals surface area contributed by atoms with Crippen LogP contribution in [0.5, 0.6) is 10.9 Å². The maximum atomic E-state index is 8.52. The first kappa shape index (κ1) is 10.9. The maximum Gasteiger partial charge on any atom is 0.280 e. The molecule has 3 nitrogen and oxygen atoms in total. The Hall–Kier alpha value is -1.57. The van der Waals surface area contributed by atoms with Crippen molar-refractivity contribution in [3.05, 3.63) is 40.4 Å². The van der Waals surface area contributed by atoms with E-state index >= 15 is 0 Å². The molecule has 0 atom stereocenters. The van der Waals surface area contributed by atoms with Gasteiger partial charge in [-0.2, -0.15) is 10.2 Å². The Morgan fingerprint density at radius 1 is 1.38 bits per heavy atom. The van der Waals surface area contributed by atoms with Crippen LogP contribution in [0.4, 0.5) is 0 Å². The average Bonchev–Trinajstić information content (AvgIpc) is 2.67. The van der Waals surface area contributed by atoms with Crippen molar-refractivity contribution in [3.8, 4) is 17.0 Å². The summed E-state index contributed by atoms with van der Waals surface area (Å²) in [6.45, 7) is 0. The molecule has 0 fully saturated rings. The molecule has 1 aromatic carbocycles. The number of halogens is 1. The predicted octanol–water partition coefficient (Wildman–Crippen LogP) is 3.65. The maximum absolute atomic E-state index is 8.52. The normalized spacial score (nSPS) is 9.75. The predicted molar refractivity (Wildman–Crippen MR) is 63.0 cm³/mol. The fourth-order valence-electron chi connectivity index (χ4n) is 1.15. The van der Waals surface area contributed by atoms with Gasteiger partial charge in [-0.25, -0.2) is 0 Å². The second kappa shape index (κ2) is 4.97. The zero-order valence-electron chi connectivity index (χ0n) is 8.18. The first-order chi connectivity index (χ1) is 7.78. The molecule has 0 aliphatic rings. The van der Waals surface area contributed by atoms with Gasteiger partial charge in [0.15, 0.2) is 0 Å². The molecule has 0 saturated carbocycles. The second-order valence-corrected chi connectivity index (χ2v) is 4.22. The van der Waals surface area contributed by atoms with Crippen LogP contribution in [0, 0.1) is 11.3 Å². The molecule has 0 bridgehead atoms. The Morgan fingerprint density at radius 3 is 2.69 bits per heavy atom. The van der Waals surface area contributed by atoms with Crippen LogP contribution in [0.25, 0.3) is 0 Å². The zero-order chi connectivity index (χ0) is 11.4. The molecule has 0 saturated heterocycles. The summed E-state index contributed by atoms with van der Waals surface area (Å²) < 4.78 is 5.47. The molecular weight excluding hydrogens is 244 g/mol. The highest BCUT2D eigenvalue weighted by Crippen LogP contribution is 2.27. The molecular formula is C11H7ClN2OS. The van der Waals surface area contributed by atoms with Crippen LogP contribution in [-0.2, 0) is 6.42 Å². The minimum absolute atomic E-state index is 0.406. The van der Waals surface area contributed by atoms with E-state index in [2.05, 4.69) is 11.1 Å². The van der Waals surface area contributed by atoms with E-state index in [1.165, 1.54) is 11.3 Å². The van der Waals surface area contributed by atoms with Crippen LogP contribution >= 0.6 is 22.9 Å². The van der Waals surface area contributed by atoms with Gasteiger partial charge in [-0.05, 0) is 17.7 Å². The number of benzene rings is 1. The first-order valence-electron chi connectivity index (χ1n) is 4.53. The largest absolute Gasteiger partial charge is 0.431 e. The highest BCUT2D eigenvalue weighted by atomic mass is 35.5. The molecule has 0 amide bonds. The van der Waals surface area contributed by atoms with Gasteiger partial charge in [-0.1, -0.05) is 35.1 Å². The Labute approximate surface area is 102 Å². The van der Waals surface area contributed by atoms with Crippen molar-refractivity contribution in [1.82, 2.24) is 4.98 Å². The van der Waals surface area contributed by atoms with Crippen molar-refractivity contribution in [2.24, 2.45) is 0 Å². The molecule has 0 radical (unpaired) electrons. The lowest BCUT2D eigenvalue weighted by atomic mass is 10.2. The summed E-state index contributed by atoms with van der Waals surface area (Å²) in [4.78, 5) is 3.97. The highest BCUT2D eigenvalue weighted by Gasteiger charge is 2.02. The zero-order valence-corrected chi connectivity index (χ0v) is 9.76. The minimum Gasteiger partial charge on any atom is -0.431 e. The Balaban J connectivity index is 2.08. The summed E-state index contributed by atoms with van der Waals surface area (Å²) in [5.74, 6) is 0.688. The first-order valence-corrected chi connectivity index (χ1v) is 5.78. The average molecular weight is 251 g/mol. The van der Waals surface area contributed by atoms with E-state index in [-0.39, 0.29) is 0 Å². The Kier molecular flexibility index (Phi) is 3.40. The van der Waals surface area contributed by atoms with E-state index < -0.39 is 0 Å². The monoisotopic (exact) mass is 250 g/mol. The lowest BCUT2D eigenvalue weighted by Crippen LogP contribution is -1.85. The lowest BCUT2D eigenvalue weighted by Gasteiger charge is -2.01. The van der Waals surface area contributed by atoms with Gasteiger partial charge >= 0.3 is 0 Å². The van der Waals surface area contributed by atoms with Crippen LogP contribution < -0.4 is 4.74 Å². The summed E-state index contributed by atoms with van der Waals surface area (Å²) in [7, 11) is 0. The van der Waals surface area contributed by atoms with Crippen molar-refractivity contribution < 1.29 is 4.74 Å². The topological polar surface area (TPSA) is 45.9 Å². The van der Waals surface area contributed by atoms with Gasteiger partial charge in [0.25, 0.3) is 5.19 Å². The number of nitriles is 1. The van der Waals surface area contributed by atoms with Crippen LogP contribution in [0.2, 0.25) is 5.15 Å². The van der Waals surface area contributed by atoms with E-state index in [1.54, 1.807) is 5.38 Å². The van der Waals surface area contributed by atoms with E-state index in [4.69, 9.17) is 21.6 Å². The quantitative estimate of drug-likeness (QED) is 0.835. The number of hydrogen-bond donors (Lipinski definition) is 0. The van der Waals surface area contributed by atoms with Crippen molar-refractivity contribution in [2.75, 3.05) is 0 Å². The number of hydrogen-bond acceptors (Lipinski definition) is 4. The van der Waals surface area contributed by atoms with Gasteiger partial charge in [0.2, 0.25) is 0 Å². The molecule has 0 spiro atoms. The van der Waals surface area contributed by atoms with Crippen LogP contribution in [0.15, 0.2) is 29.6 Å². The van der Waals surface area contributed by atoms with Crippen LogP contribution in [0.3, 0.4) is 0 Å². The summed E-state index contributed by atoms with van der Waals surface area (Å²) in [6, 6.07) is 9.41.